The molecule has 228 valence electrons. The van der Waals surface area contributed by atoms with Gasteiger partial charge in [0.05, 0.1) is 24.2 Å². The molecular formula is C32H46ClNO7. The summed E-state index contributed by atoms with van der Waals surface area (Å²) in [6.45, 7) is 7.56. The van der Waals surface area contributed by atoms with Crippen molar-refractivity contribution in [3.05, 3.63) is 83.5 Å². The number of hydrogen-bond acceptors (Lipinski definition) is 6. The molecule has 1 saturated carbocycles. The fourth-order valence-electron chi connectivity index (χ4n) is 4.13. The zero-order valence-corrected chi connectivity index (χ0v) is 25.1. The summed E-state index contributed by atoms with van der Waals surface area (Å²) in [7, 11) is 0. The monoisotopic (exact) mass is 591 g/mol. The van der Waals surface area contributed by atoms with E-state index in [0.717, 1.165) is 5.57 Å². The van der Waals surface area contributed by atoms with Crippen molar-refractivity contribution < 1.29 is 35.1 Å². The fraction of sp³-hybridized carbons (Fsp3) is 0.500. The highest BCUT2D eigenvalue weighted by atomic mass is 35.5. The second-order valence-corrected chi connectivity index (χ2v) is 11.2. The Morgan fingerprint density at radius 1 is 0.878 bits per heavy atom. The van der Waals surface area contributed by atoms with Crippen LogP contribution in [0.5, 0.6) is 0 Å². The first-order valence-electron chi connectivity index (χ1n) is 14.0. The molecule has 9 heteroatoms. The van der Waals surface area contributed by atoms with E-state index in [1.807, 2.05) is 39.0 Å². The average Bonchev–Trinajstić information content (AvgIpc) is 3.38. The van der Waals surface area contributed by atoms with E-state index in [1.54, 1.807) is 49.5 Å². The third-order valence-electron chi connectivity index (χ3n) is 6.69. The fourth-order valence-corrected chi connectivity index (χ4v) is 4.33. The first kappa shape index (κ1) is 36.3. The highest BCUT2D eigenvalue weighted by Gasteiger charge is 2.31. The lowest BCUT2D eigenvalue weighted by atomic mass is 9.93. The smallest absolute Gasteiger partial charge is 0.306 e. The van der Waals surface area contributed by atoms with Crippen molar-refractivity contribution >= 4 is 23.5 Å². The minimum absolute atomic E-state index is 0.113. The second-order valence-electron chi connectivity index (χ2n) is 10.8. The van der Waals surface area contributed by atoms with Gasteiger partial charge in [0.15, 0.2) is 0 Å². The van der Waals surface area contributed by atoms with Gasteiger partial charge >= 0.3 is 5.97 Å². The molecule has 0 bridgehead atoms. The molecule has 7 unspecified atom stereocenters. The number of carbonyl (C=O) groups is 2. The number of aliphatic hydroxyl groups is 4. The predicted molar refractivity (Wildman–Crippen MR) is 163 cm³/mol. The second kappa shape index (κ2) is 19.4. The molecule has 1 amide bonds. The SMILES string of the molecule is CC(/C=C/C=C/C(=O)NC1CCC(C(=O)O)C1)=C\C=C\C=C(/Cl)C(C)C(O)C(O)C(O)CC(O)/C=C/C=C/C(C)C. The molecule has 0 spiro atoms. The van der Waals surface area contributed by atoms with E-state index in [2.05, 4.69) is 5.32 Å². The number of aliphatic hydroxyl groups excluding tert-OH is 4. The van der Waals surface area contributed by atoms with Crippen LogP contribution < -0.4 is 5.32 Å². The van der Waals surface area contributed by atoms with Gasteiger partial charge in [-0.25, -0.2) is 0 Å². The molecule has 7 atom stereocenters. The Labute approximate surface area is 248 Å². The minimum Gasteiger partial charge on any atom is -0.481 e. The lowest BCUT2D eigenvalue weighted by Crippen LogP contribution is -2.42. The van der Waals surface area contributed by atoms with E-state index < -0.39 is 42.2 Å². The zero-order chi connectivity index (χ0) is 30.9. The number of carbonyl (C=O) groups excluding carboxylic acids is 1. The van der Waals surface area contributed by atoms with Crippen molar-refractivity contribution in [3.63, 3.8) is 0 Å². The quantitative estimate of drug-likeness (QED) is 0.116. The highest BCUT2D eigenvalue weighted by Crippen LogP contribution is 2.26. The van der Waals surface area contributed by atoms with Crippen molar-refractivity contribution in [3.8, 4) is 0 Å². The number of halogens is 1. The van der Waals surface area contributed by atoms with Crippen molar-refractivity contribution in [2.24, 2.45) is 17.8 Å². The molecule has 0 aromatic carbocycles. The van der Waals surface area contributed by atoms with Crippen molar-refractivity contribution in [1.29, 1.82) is 0 Å². The summed E-state index contributed by atoms with van der Waals surface area (Å²) < 4.78 is 0. The molecular weight excluding hydrogens is 546 g/mol. The Kier molecular flexibility index (Phi) is 17.2. The maximum atomic E-state index is 12.0. The Bertz CT molecular complexity index is 1040. The van der Waals surface area contributed by atoms with Gasteiger partial charge in [-0.15, -0.1) is 0 Å². The molecule has 6 N–H and O–H groups in total. The van der Waals surface area contributed by atoms with Gasteiger partial charge in [-0.05, 0) is 38.2 Å². The molecule has 8 nitrogen and oxygen atoms in total. The van der Waals surface area contributed by atoms with Crippen molar-refractivity contribution in [2.45, 2.75) is 83.8 Å². The van der Waals surface area contributed by atoms with Crippen LogP contribution in [-0.4, -0.2) is 67.9 Å². The van der Waals surface area contributed by atoms with Gasteiger partial charge in [-0.2, -0.15) is 0 Å². The Morgan fingerprint density at radius 2 is 1.51 bits per heavy atom. The Morgan fingerprint density at radius 3 is 2.15 bits per heavy atom. The van der Waals surface area contributed by atoms with Crippen LogP contribution in [0.1, 0.15) is 53.4 Å². The minimum atomic E-state index is -1.49. The molecule has 0 heterocycles. The van der Waals surface area contributed by atoms with Gasteiger partial charge in [0.25, 0.3) is 0 Å². The van der Waals surface area contributed by atoms with E-state index in [9.17, 15) is 30.0 Å². The highest BCUT2D eigenvalue weighted by molar-refractivity contribution is 6.30. The summed E-state index contributed by atoms with van der Waals surface area (Å²) in [5.74, 6) is -1.75. The molecule has 0 saturated heterocycles. The van der Waals surface area contributed by atoms with E-state index >= 15 is 0 Å². The van der Waals surface area contributed by atoms with Crippen molar-refractivity contribution in [2.75, 3.05) is 0 Å². The molecule has 0 aromatic rings. The molecule has 1 aliphatic carbocycles. The standard InChI is InChI=1S/C32H46ClNO7/c1-21(2)11-5-8-14-26(35)20-28(36)31(39)30(38)23(4)27(33)15-9-6-12-22(3)13-7-10-16-29(37)34-25-18-17-24(19-25)32(40)41/h5-16,21,23-26,28,30-31,35-36,38-39H,17-20H2,1-4H3,(H,34,37)(H,40,41)/b9-6+,11-5+,13-7+,14-8+,16-10+,22-12+,27-15-. The molecule has 1 rings (SSSR count). The number of carboxylic acids is 1. The number of carboxylic acid groups (broad SMARTS) is 1. The third-order valence-corrected chi connectivity index (χ3v) is 7.16. The van der Waals surface area contributed by atoms with Crippen LogP contribution in [0.3, 0.4) is 0 Å². The average molecular weight is 592 g/mol. The summed E-state index contributed by atoms with van der Waals surface area (Å²) in [5, 5.41) is 53.3. The number of rotatable bonds is 16. The Hall–Kier alpha value is -2.75. The number of aliphatic carboxylic acids is 1. The summed E-state index contributed by atoms with van der Waals surface area (Å²) in [4.78, 5) is 23.0. The topological polar surface area (TPSA) is 147 Å². The van der Waals surface area contributed by atoms with Crippen molar-refractivity contribution in [1.82, 2.24) is 5.32 Å². The number of amides is 1. The molecule has 0 aliphatic heterocycles. The zero-order valence-electron chi connectivity index (χ0n) is 24.3. The van der Waals surface area contributed by atoms with Crippen LogP contribution in [0.25, 0.3) is 0 Å². The van der Waals surface area contributed by atoms with Crippen LogP contribution >= 0.6 is 11.6 Å². The summed E-state index contributed by atoms with van der Waals surface area (Å²) in [5.41, 5.74) is 0.898. The van der Waals surface area contributed by atoms with E-state index in [-0.39, 0.29) is 23.4 Å². The first-order chi connectivity index (χ1) is 19.3. The molecule has 41 heavy (non-hydrogen) atoms. The van der Waals surface area contributed by atoms with Crippen LogP contribution in [0.15, 0.2) is 83.5 Å². The van der Waals surface area contributed by atoms with Gasteiger partial charge < -0.3 is 30.8 Å². The van der Waals surface area contributed by atoms with Gasteiger partial charge in [0.1, 0.15) is 6.10 Å². The molecule has 0 radical (unpaired) electrons. The first-order valence-corrected chi connectivity index (χ1v) is 14.4. The van der Waals surface area contributed by atoms with E-state index in [4.69, 9.17) is 16.7 Å². The molecule has 1 fully saturated rings. The third kappa shape index (κ3) is 15.2. The predicted octanol–water partition coefficient (Wildman–Crippen LogP) is 4.33. The summed E-state index contributed by atoms with van der Waals surface area (Å²) in [6.07, 6.45) is 16.7. The largest absolute Gasteiger partial charge is 0.481 e. The van der Waals surface area contributed by atoms with E-state index in [0.29, 0.717) is 25.2 Å². The number of allylic oxidation sites excluding steroid dienone is 11. The maximum absolute atomic E-state index is 12.0. The van der Waals surface area contributed by atoms with Gasteiger partial charge in [-0.3, -0.25) is 9.59 Å². The van der Waals surface area contributed by atoms with Crippen LogP contribution in [0.4, 0.5) is 0 Å². The summed E-state index contributed by atoms with van der Waals surface area (Å²) in [6, 6.07) is -0.113. The Balaban J connectivity index is 2.52. The van der Waals surface area contributed by atoms with Gasteiger partial charge in [-0.1, -0.05) is 98.7 Å². The molecule has 1 aliphatic rings. The van der Waals surface area contributed by atoms with Gasteiger partial charge in [0.2, 0.25) is 5.91 Å². The van der Waals surface area contributed by atoms with E-state index in [1.165, 1.54) is 12.2 Å². The summed E-state index contributed by atoms with van der Waals surface area (Å²) >= 11 is 6.30. The van der Waals surface area contributed by atoms with Crippen LogP contribution in [0, 0.1) is 17.8 Å². The van der Waals surface area contributed by atoms with Crippen LogP contribution in [0.2, 0.25) is 0 Å². The number of hydrogen-bond donors (Lipinski definition) is 6. The van der Waals surface area contributed by atoms with Gasteiger partial charge in [0, 0.05) is 29.5 Å². The number of nitrogens with one attached hydrogen (secondary N) is 1. The normalized spacial score (nSPS) is 22.9. The molecule has 0 aromatic heterocycles. The van der Waals surface area contributed by atoms with Crippen LogP contribution in [-0.2, 0) is 9.59 Å². The lowest BCUT2D eigenvalue weighted by molar-refractivity contribution is -0.141. The maximum Gasteiger partial charge on any atom is 0.306 e. The lowest BCUT2D eigenvalue weighted by Gasteiger charge is -2.27.